The first-order chi connectivity index (χ1) is 11.6. The SMILES string of the molecule is Cc1ccc(-c2nn(-c3ccc(F)cc3F)c3c2CCCCN3)s1. The van der Waals surface area contributed by atoms with Crippen LogP contribution in [0.1, 0.15) is 23.3 Å². The highest BCUT2D eigenvalue weighted by Crippen LogP contribution is 2.37. The maximum atomic E-state index is 14.3. The van der Waals surface area contributed by atoms with Gasteiger partial charge in [-0.3, -0.25) is 0 Å². The molecule has 0 aliphatic carbocycles. The summed E-state index contributed by atoms with van der Waals surface area (Å²) in [6.07, 6.45) is 3.02. The second-order valence-electron chi connectivity index (χ2n) is 5.98. The summed E-state index contributed by atoms with van der Waals surface area (Å²) in [5, 5.41) is 8.06. The molecule has 124 valence electrons. The molecule has 0 saturated carbocycles. The molecule has 3 heterocycles. The molecular formula is C18H17F2N3S. The maximum absolute atomic E-state index is 14.3. The standard InChI is InChI=1S/C18H17F2N3S/c1-11-5-8-16(24-11)17-13-4-2-3-9-21-18(13)23(22-17)15-7-6-12(19)10-14(15)20/h5-8,10,21H,2-4,9H2,1H3. The van der Waals surface area contributed by atoms with Crippen molar-refractivity contribution < 1.29 is 8.78 Å². The van der Waals surface area contributed by atoms with Crippen molar-refractivity contribution in [3.63, 3.8) is 0 Å². The van der Waals surface area contributed by atoms with Crippen molar-refractivity contribution in [2.24, 2.45) is 0 Å². The zero-order valence-corrected chi connectivity index (χ0v) is 14.1. The zero-order chi connectivity index (χ0) is 16.7. The lowest BCUT2D eigenvalue weighted by molar-refractivity contribution is 0.574. The Bertz CT molecular complexity index is 898. The Labute approximate surface area is 142 Å². The van der Waals surface area contributed by atoms with Crippen molar-refractivity contribution in [3.8, 4) is 16.3 Å². The van der Waals surface area contributed by atoms with Gasteiger partial charge in [-0.1, -0.05) is 0 Å². The third-order valence-electron chi connectivity index (χ3n) is 4.24. The smallest absolute Gasteiger partial charge is 0.151 e. The molecule has 2 aromatic heterocycles. The van der Waals surface area contributed by atoms with Crippen molar-refractivity contribution in [1.82, 2.24) is 9.78 Å². The minimum Gasteiger partial charge on any atom is -0.370 e. The summed E-state index contributed by atoms with van der Waals surface area (Å²) < 4.78 is 29.1. The Morgan fingerprint density at radius 3 is 2.79 bits per heavy atom. The number of nitrogens with zero attached hydrogens (tertiary/aromatic N) is 2. The van der Waals surface area contributed by atoms with Crippen LogP contribution in [0.25, 0.3) is 16.3 Å². The molecular weight excluding hydrogens is 328 g/mol. The van der Waals surface area contributed by atoms with Crippen LogP contribution in [0.15, 0.2) is 30.3 Å². The predicted molar refractivity (Wildman–Crippen MR) is 93.0 cm³/mol. The average Bonchev–Trinajstić information content (AvgIpc) is 3.03. The number of hydrogen-bond acceptors (Lipinski definition) is 3. The van der Waals surface area contributed by atoms with Gasteiger partial charge in [0, 0.05) is 23.1 Å². The highest BCUT2D eigenvalue weighted by Gasteiger charge is 2.23. The first-order valence-electron chi connectivity index (χ1n) is 8.01. The molecule has 0 unspecified atom stereocenters. The fourth-order valence-electron chi connectivity index (χ4n) is 3.09. The second kappa shape index (κ2) is 6.02. The topological polar surface area (TPSA) is 29.9 Å². The van der Waals surface area contributed by atoms with Gasteiger partial charge in [0.2, 0.25) is 0 Å². The van der Waals surface area contributed by atoms with Crippen LogP contribution in [-0.4, -0.2) is 16.3 Å². The van der Waals surface area contributed by atoms with Crippen LogP contribution in [0.4, 0.5) is 14.6 Å². The first kappa shape index (κ1) is 15.3. The van der Waals surface area contributed by atoms with Crippen LogP contribution in [0.2, 0.25) is 0 Å². The van der Waals surface area contributed by atoms with E-state index >= 15 is 0 Å². The van der Waals surface area contributed by atoms with Gasteiger partial charge in [0.25, 0.3) is 0 Å². The van der Waals surface area contributed by atoms with Gasteiger partial charge < -0.3 is 5.32 Å². The molecule has 1 aliphatic rings. The molecule has 0 atom stereocenters. The molecule has 1 aromatic carbocycles. The molecule has 24 heavy (non-hydrogen) atoms. The highest BCUT2D eigenvalue weighted by atomic mass is 32.1. The van der Waals surface area contributed by atoms with Crippen LogP contribution in [0.5, 0.6) is 0 Å². The van der Waals surface area contributed by atoms with Gasteiger partial charge in [-0.2, -0.15) is 5.10 Å². The van der Waals surface area contributed by atoms with E-state index in [0.29, 0.717) is 0 Å². The van der Waals surface area contributed by atoms with Crippen LogP contribution in [-0.2, 0) is 6.42 Å². The molecule has 4 rings (SSSR count). The molecule has 0 bridgehead atoms. The summed E-state index contributed by atoms with van der Waals surface area (Å²) in [6, 6.07) is 7.72. The Morgan fingerprint density at radius 1 is 1.17 bits per heavy atom. The molecule has 0 fully saturated rings. The molecule has 0 radical (unpaired) electrons. The third kappa shape index (κ3) is 2.60. The largest absolute Gasteiger partial charge is 0.370 e. The quantitative estimate of drug-likeness (QED) is 0.713. The normalized spacial score (nSPS) is 14.1. The summed E-state index contributed by atoms with van der Waals surface area (Å²) in [5.74, 6) is -0.379. The van der Waals surface area contributed by atoms with E-state index in [1.165, 1.54) is 17.0 Å². The van der Waals surface area contributed by atoms with Crippen molar-refractivity contribution >= 4 is 17.2 Å². The lowest BCUT2D eigenvalue weighted by atomic mass is 10.1. The summed E-state index contributed by atoms with van der Waals surface area (Å²) in [7, 11) is 0. The number of halogens is 2. The molecule has 3 aromatic rings. The summed E-state index contributed by atoms with van der Waals surface area (Å²) in [4.78, 5) is 2.29. The Kier molecular flexibility index (Phi) is 3.84. The average molecular weight is 345 g/mol. The molecule has 0 saturated heterocycles. The van der Waals surface area contributed by atoms with E-state index in [1.54, 1.807) is 16.0 Å². The molecule has 1 N–H and O–H groups in total. The minimum absolute atomic E-state index is 0.265. The number of aryl methyl sites for hydroxylation is 1. The van der Waals surface area contributed by atoms with Gasteiger partial charge in [0.05, 0.1) is 4.88 Å². The van der Waals surface area contributed by atoms with Crippen LogP contribution in [0, 0.1) is 18.6 Å². The van der Waals surface area contributed by atoms with Crippen molar-refractivity contribution in [1.29, 1.82) is 0 Å². The number of nitrogens with one attached hydrogen (secondary N) is 1. The lowest BCUT2D eigenvalue weighted by Gasteiger charge is -2.10. The van der Waals surface area contributed by atoms with E-state index in [-0.39, 0.29) is 5.69 Å². The maximum Gasteiger partial charge on any atom is 0.151 e. The summed E-state index contributed by atoms with van der Waals surface area (Å²) >= 11 is 1.68. The second-order valence-corrected chi connectivity index (χ2v) is 7.27. The first-order valence-corrected chi connectivity index (χ1v) is 8.83. The van der Waals surface area contributed by atoms with Crippen LogP contribution >= 0.6 is 11.3 Å². The summed E-state index contributed by atoms with van der Waals surface area (Å²) in [6.45, 7) is 2.88. The Morgan fingerprint density at radius 2 is 2.04 bits per heavy atom. The molecule has 0 amide bonds. The number of aromatic nitrogens is 2. The lowest BCUT2D eigenvalue weighted by Crippen LogP contribution is -2.08. The van der Waals surface area contributed by atoms with Gasteiger partial charge in [-0.15, -0.1) is 11.3 Å². The number of fused-ring (bicyclic) bond motifs is 1. The minimum atomic E-state index is -0.611. The fourth-order valence-corrected chi connectivity index (χ4v) is 3.97. The summed E-state index contributed by atoms with van der Waals surface area (Å²) in [5.41, 5.74) is 2.26. The molecule has 1 aliphatic heterocycles. The molecule has 0 spiro atoms. The Balaban J connectivity index is 1.92. The number of benzene rings is 1. The van der Waals surface area contributed by atoms with Crippen molar-refractivity contribution in [2.45, 2.75) is 26.2 Å². The van der Waals surface area contributed by atoms with Crippen molar-refractivity contribution in [3.05, 3.63) is 52.4 Å². The van der Waals surface area contributed by atoms with E-state index in [0.717, 1.165) is 53.8 Å². The zero-order valence-electron chi connectivity index (χ0n) is 13.3. The van der Waals surface area contributed by atoms with Gasteiger partial charge in [-0.25, -0.2) is 13.5 Å². The molecule has 3 nitrogen and oxygen atoms in total. The van der Waals surface area contributed by atoms with E-state index < -0.39 is 11.6 Å². The number of anilines is 1. The third-order valence-corrected chi connectivity index (χ3v) is 5.25. The van der Waals surface area contributed by atoms with E-state index in [4.69, 9.17) is 0 Å². The number of thiophene rings is 1. The van der Waals surface area contributed by atoms with Crippen LogP contribution in [0.3, 0.4) is 0 Å². The Hall–Kier alpha value is -2.21. The predicted octanol–water partition coefficient (Wildman–Crippen LogP) is 4.94. The van der Waals surface area contributed by atoms with Gasteiger partial charge in [-0.05, 0) is 50.5 Å². The number of hydrogen-bond donors (Lipinski definition) is 1. The fraction of sp³-hybridized carbons (Fsp3) is 0.278. The van der Waals surface area contributed by atoms with E-state index in [9.17, 15) is 8.78 Å². The van der Waals surface area contributed by atoms with Gasteiger partial charge in [0.15, 0.2) is 5.82 Å². The van der Waals surface area contributed by atoms with Gasteiger partial charge >= 0.3 is 0 Å². The van der Waals surface area contributed by atoms with Crippen molar-refractivity contribution in [2.75, 3.05) is 11.9 Å². The number of rotatable bonds is 2. The van der Waals surface area contributed by atoms with E-state index in [1.807, 2.05) is 0 Å². The van der Waals surface area contributed by atoms with Crippen LogP contribution < -0.4 is 5.32 Å². The monoisotopic (exact) mass is 345 g/mol. The molecule has 6 heteroatoms. The van der Waals surface area contributed by atoms with E-state index in [2.05, 4.69) is 29.5 Å². The highest BCUT2D eigenvalue weighted by molar-refractivity contribution is 7.15. The van der Waals surface area contributed by atoms with Gasteiger partial charge in [0.1, 0.15) is 23.0 Å².